The predicted molar refractivity (Wildman–Crippen MR) is 72.4 cm³/mol. The fourth-order valence-corrected chi connectivity index (χ4v) is 2.17. The maximum absolute atomic E-state index is 12.5. The van der Waals surface area contributed by atoms with Gasteiger partial charge in [-0.25, -0.2) is 0 Å². The maximum atomic E-state index is 12.5. The molecule has 6 nitrogen and oxygen atoms in total. The number of amides is 1. The first kappa shape index (κ1) is 14.3. The first-order chi connectivity index (χ1) is 9.54. The van der Waals surface area contributed by atoms with E-state index in [1.807, 2.05) is 6.07 Å². The van der Waals surface area contributed by atoms with Crippen LogP contribution in [-0.2, 0) is 0 Å². The topological polar surface area (TPSA) is 87.2 Å². The lowest BCUT2D eigenvalue weighted by molar-refractivity contribution is -0.385. The van der Waals surface area contributed by atoms with Gasteiger partial charge in [-0.3, -0.25) is 14.9 Å². The minimum atomic E-state index is -0.598. The standard InChI is InChI=1S/C13H12ClN3O3/c14-9-2-5-12(17(19)20)11(8-9)13(18)16(7-1-6-15)10-3-4-10/h2,5,8,10H,1,3-4,7H2. The van der Waals surface area contributed by atoms with Crippen molar-refractivity contribution in [2.24, 2.45) is 0 Å². The third kappa shape index (κ3) is 3.06. The molecular formula is C13H12ClN3O3. The molecule has 0 spiro atoms. The lowest BCUT2D eigenvalue weighted by atomic mass is 10.1. The average molecular weight is 294 g/mol. The van der Waals surface area contributed by atoms with Gasteiger partial charge in [0.05, 0.1) is 17.4 Å². The minimum Gasteiger partial charge on any atom is -0.334 e. The molecule has 0 bridgehead atoms. The van der Waals surface area contributed by atoms with Crippen LogP contribution in [0.25, 0.3) is 0 Å². The highest BCUT2D eigenvalue weighted by Crippen LogP contribution is 2.31. The minimum absolute atomic E-state index is 0.0210. The number of nitro groups is 1. The molecule has 1 aliphatic rings. The quantitative estimate of drug-likeness (QED) is 0.617. The third-order valence-electron chi connectivity index (χ3n) is 3.10. The molecule has 20 heavy (non-hydrogen) atoms. The van der Waals surface area contributed by atoms with Crippen LogP contribution in [0.1, 0.15) is 29.6 Å². The summed E-state index contributed by atoms with van der Waals surface area (Å²) in [7, 11) is 0. The number of carbonyl (C=O) groups excluding carboxylic acids is 1. The van der Waals surface area contributed by atoms with Gasteiger partial charge in [-0.2, -0.15) is 5.26 Å². The number of nitro benzene ring substituents is 1. The fraction of sp³-hybridized carbons (Fsp3) is 0.385. The van der Waals surface area contributed by atoms with Crippen molar-refractivity contribution in [3.63, 3.8) is 0 Å². The normalized spacial score (nSPS) is 13.6. The third-order valence-corrected chi connectivity index (χ3v) is 3.33. The molecular weight excluding hydrogens is 282 g/mol. The molecule has 1 saturated carbocycles. The van der Waals surface area contributed by atoms with Gasteiger partial charge in [0.15, 0.2) is 0 Å². The number of benzene rings is 1. The van der Waals surface area contributed by atoms with Crippen LogP contribution in [0.2, 0.25) is 5.02 Å². The molecule has 1 aliphatic carbocycles. The second-order valence-corrected chi connectivity index (χ2v) is 4.99. The van der Waals surface area contributed by atoms with Crippen molar-refractivity contribution in [2.75, 3.05) is 6.54 Å². The van der Waals surface area contributed by atoms with Crippen molar-refractivity contribution in [3.8, 4) is 6.07 Å². The Bertz CT molecular complexity index is 593. The van der Waals surface area contributed by atoms with Crippen molar-refractivity contribution in [1.29, 1.82) is 5.26 Å². The van der Waals surface area contributed by atoms with Crippen LogP contribution in [0.15, 0.2) is 18.2 Å². The Balaban J connectivity index is 2.33. The van der Waals surface area contributed by atoms with E-state index in [1.165, 1.54) is 23.1 Å². The van der Waals surface area contributed by atoms with Crippen LogP contribution in [0.5, 0.6) is 0 Å². The molecule has 0 unspecified atom stereocenters. The molecule has 1 fully saturated rings. The molecule has 0 saturated heterocycles. The van der Waals surface area contributed by atoms with Gasteiger partial charge in [-0.05, 0) is 25.0 Å². The van der Waals surface area contributed by atoms with Crippen LogP contribution < -0.4 is 0 Å². The van der Waals surface area contributed by atoms with Crippen molar-refractivity contribution in [3.05, 3.63) is 38.9 Å². The molecule has 1 aromatic rings. The molecule has 0 N–H and O–H groups in total. The zero-order valence-corrected chi connectivity index (χ0v) is 11.3. The molecule has 1 amide bonds. The van der Waals surface area contributed by atoms with Gasteiger partial charge in [0.25, 0.3) is 11.6 Å². The highest BCUT2D eigenvalue weighted by Gasteiger charge is 2.35. The van der Waals surface area contributed by atoms with Crippen LogP contribution >= 0.6 is 11.6 Å². The summed E-state index contributed by atoms with van der Waals surface area (Å²) in [6.07, 6.45) is 1.94. The molecule has 0 atom stereocenters. The number of rotatable bonds is 5. The van der Waals surface area contributed by atoms with Crippen molar-refractivity contribution in [1.82, 2.24) is 4.90 Å². The summed E-state index contributed by atoms with van der Waals surface area (Å²) in [5.41, 5.74) is -0.283. The van der Waals surface area contributed by atoms with E-state index in [2.05, 4.69) is 0 Å². The molecule has 0 radical (unpaired) electrons. The van der Waals surface area contributed by atoms with Gasteiger partial charge < -0.3 is 4.90 Å². The lowest BCUT2D eigenvalue weighted by Crippen LogP contribution is -2.34. The van der Waals surface area contributed by atoms with Crippen LogP contribution in [0, 0.1) is 21.4 Å². The number of hydrogen-bond donors (Lipinski definition) is 0. The van der Waals surface area contributed by atoms with Crippen molar-refractivity contribution in [2.45, 2.75) is 25.3 Å². The van der Waals surface area contributed by atoms with E-state index < -0.39 is 10.8 Å². The number of nitriles is 1. The number of carbonyl (C=O) groups is 1. The molecule has 0 aliphatic heterocycles. The zero-order valence-electron chi connectivity index (χ0n) is 10.6. The number of halogens is 1. The van der Waals surface area contributed by atoms with Crippen LogP contribution in [0.3, 0.4) is 0 Å². The van der Waals surface area contributed by atoms with Gasteiger partial charge >= 0.3 is 0 Å². The first-order valence-electron chi connectivity index (χ1n) is 6.16. The van der Waals surface area contributed by atoms with E-state index in [-0.39, 0.29) is 35.3 Å². The summed E-state index contributed by atoms with van der Waals surface area (Å²) >= 11 is 5.82. The Labute approximate surface area is 120 Å². The Morgan fingerprint density at radius 1 is 1.55 bits per heavy atom. The number of nitrogens with zero attached hydrogens (tertiary/aromatic N) is 3. The average Bonchev–Trinajstić information content (AvgIpc) is 3.23. The fourth-order valence-electron chi connectivity index (χ4n) is 2.00. The smallest absolute Gasteiger partial charge is 0.282 e. The largest absolute Gasteiger partial charge is 0.334 e. The summed E-state index contributed by atoms with van der Waals surface area (Å²) in [4.78, 5) is 24.4. The molecule has 0 heterocycles. The van der Waals surface area contributed by atoms with Gasteiger partial charge in [0.2, 0.25) is 0 Å². The molecule has 0 aromatic heterocycles. The van der Waals surface area contributed by atoms with E-state index in [4.69, 9.17) is 16.9 Å². The van der Waals surface area contributed by atoms with Gasteiger partial charge in [-0.1, -0.05) is 11.6 Å². The first-order valence-corrected chi connectivity index (χ1v) is 6.54. The van der Waals surface area contributed by atoms with E-state index >= 15 is 0 Å². The summed E-state index contributed by atoms with van der Waals surface area (Å²) in [5, 5.41) is 19.9. The molecule has 104 valence electrons. The second-order valence-electron chi connectivity index (χ2n) is 4.56. The Morgan fingerprint density at radius 3 is 2.80 bits per heavy atom. The Morgan fingerprint density at radius 2 is 2.25 bits per heavy atom. The second kappa shape index (κ2) is 5.88. The molecule has 7 heteroatoms. The van der Waals surface area contributed by atoms with Gasteiger partial charge in [0, 0.05) is 23.7 Å². The Hall–Kier alpha value is -2.13. The van der Waals surface area contributed by atoms with E-state index in [9.17, 15) is 14.9 Å². The highest BCUT2D eigenvalue weighted by molar-refractivity contribution is 6.31. The van der Waals surface area contributed by atoms with Crippen LogP contribution in [-0.4, -0.2) is 28.3 Å². The summed E-state index contributed by atoms with van der Waals surface area (Å²) in [6, 6.07) is 5.98. The Kier molecular flexibility index (Phi) is 4.20. The summed E-state index contributed by atoms with van der Waals surface area (Å²) < 4.78 is 0. The lowest BCUT2D eigenvalue weighted by Gasteiger charge is -2.21. The molecule has 1 aromatic carbocycles. The van der Waals surface area contributed by atoms with E-state index in [0.29, 0.717) is 0 Å². The molecule has 2 rings (SSSR count). The van der Waals surface area contributed by atoms with Crippen LogP contribution in [0.4, 0.5) is 5.69 Å². The number of hydrogen-bond acceptors (Lipinski definition) is 4. The van der Waals surface area contributed by atoms with Gasteiger partial charge in [-0.15, -0.1) is 0 Å². The highest BCUT2D eigenvalue weighted by atomic mass is 35.5. The van der Waals surface area contributed by atoms with Crippen molar-refractivity contribution < 1.29 is 9.72 Å². The van der Waals surface area contributed by atoms with E-state index in [1.54, 1.807) is 0 Å². The van der Waals surface area contributed by atoms with E-state index in [0.717, 1.165) is 12.8 Å². The summed E-state index contributed by atoms with van der Waals surface area (Å²) in [6.45, 7) is 0.281. The zero-order chi connectivity index (χ0) is 14.7. The maximum Gasteiger partial charge on any atom is 0.282 e. The predicted octanol–water partition coefficient (Wildman–Crippen LogP) is 2.77. The van der Waals surface area contributed by atoms with Gasteiger partial charge in [0.1, 0.15) is 5.56 Å². The van der Waals surface area contributed by atoms with Crippen molar-refractivity contribution >= 4 is 23.2 Å². The summed E-state index contributed by atoms with van der Waals surface area (Å²) in [5.74, 6) is -0.433. The monoisotopic (exact) mass is 293 g/mol. The SMILES string of the molecule is N#CCCN(C(=O)c1cc(Cl)ccc1[N+](=O)[O-])C1CC1.